The van der Waals surface area contributed by atoms with E-state index in [4.69, 9.17) is 9.47 Å². The van der Waals surface area contributed by atoms with Crippen LogP contribution in [0.2, 0.25) is 0 Å². The monoisotopic (exact) mass is 292 g/mol. The summed E-state index contributed by atoms with van der Waals surface area (Å²) in [4.78, 5) is 14.6. The molecule has 0 bridgehead atoms. The molecular weight excluding hydrogens is 268 g/mol. The molecule has 1 amide bonds. The van der Waals surface area contributed by atoms with Gasteiger partial charge in [-0.2, -0.15) is 0 Å². The molecule has 21 heavy (non-hydrogen) atoms. The van der Waals surface area contributed by atoms with Crippen LogP contribution < -0.4 is 10.1 Å². The Hall–Kier alpha value is -1.59. The van der Waals surface area contributed by atoms with Gasteiger partial charge in [-0.05, 0) is 32.0 Å². The van der Waals surface area contributed by atoms with Gasteiger partial charge in [0.25, 0.3) is 5.91 Å². The number of piperidine rings is 1. The molecule has 1 aromatic rings. The molecule has 1 saturated heterocycles. The Morgan fingerprint density at radius 1 is 1.38 bits per heavy atom. The first-order valence-corrected chi connectivity index (χ1v) is 7.43. The summed E-state index contributed by atoms with van der Waals surface area (Å²) >= 11 is 0. The molecule has 1 unspecified atom stereocenters. The van der Waals surface area contributed by atoms with Gasteiger partial charge in [0.05, 0.1) is 12.2 Å². The van der Waals surface area contributed by atoms with Crippen molar-refractivity contribution in [2.45, 2.75) is 18.9 Å². The molecule has 116 valence electrons. The average Bonchev–Trinajstić information content (AvgIpc) is 2.55. The number of hydrogen-bond donors (Lipinski definition) is 1. The second-order valence-electron chi connectivity index (χ2n) is 5.22. The van der Waals surface area contributed by atoms with Crippen LogP contribution in [0.4, 0.5) is 0 Å². The standard InChI is InChI=1S/C16H24N2O3/c1-17-13-6-5-9-18(12-13)16(19)14-7-3-4-8-15(14)21-11-10-20-2/h3-4,7-8,13,17H,5-6,9-12H2,1-2H3. The molecule has 1 aliphatic heterocycles. The third kappa shape index (κ3) is 4.19. The molecule has 0 aromatic heterocycles. The van der Waals surface area contributed by atoms with E-state index >= 15 is 0 Å². The zero-order valence-corrected chi connectivity index (χ0v) is 12.8. The number of ether oxygens (including phenoxy) is 2. The third-order valence-electron chi connectivity index (χ3n) is 3.78. The topological polar surface area (TPSA) is 50.8 Å². The van der Waals surface area contributed by atoms with E-state index in [0.29, 0.717) is 30.6 Å². The Bertz CT molecular complexity index is 465. The van der Waals surface area contributed by atoms with Crippen molar-refractivity contribution in [2.24, 2.45) is 0 Å². The summed E-state index contributed by atoms with van der Waals surface area (Å²) in [5, 5.41) is 3.26. The lowest BCUT2D eigenvalue weighted by molar-refractivity contribution is 0.0691. The van der Waals surface area contributed by atoms with E-state index in [1.54, 1.807) is 7.11 Å². The number of nitrogens with zero attached hydrogens (tertiary/aromatic N) is 1. The zero-order valence-electron chi connectivity index (χ0n) is 12.8. The quantitative estimate of drug-likeness (QED) is 0.808. The Morgan fingerprint density at radius 2 is 2.19 bits per heavy atom. The van der Waals surface area contributed by atoms with E-state index in [-0.39, 0.29) is 5.91 Å². The van der Waals surface area contributed by atoms with E-state index in [9.17, 15) is 4.79 Å². The largest absolute Gasteiger partial charge is 0.490 e. The fourth-order valence-electron chi connectivity index (χ4n) is 2.57. The number of hydrogen-bond acceptors (Lipinski definition) is 4. The van der Waals surface area contributed by atoms with Crippen LogP contribution in [0.5, 0.6) is 5.75 Å². The minimum absolute atomic E-state index is 0.0444. The van der Waals surface area contributed by atoms with Gasteiger partial charge in [0.15, 0.2) is 0 Å². The van der Waals surface area contributed by atoms with Crippen molar-refractivity contribution in [1.29, 1.82) is 0 Å². The molecule has 0 spiro atoms. The number of rotatable bonds is 6. The number of para-hydroxylation sites is 1. The number of benzene rings is 1. The van der Waals surface area contributed by atoms with E-state index in [0.717, 1.165) is 25.9 Å². The lowest BCUT2D eigenvalue weighted by Gasteiger charge is -2.33. The maximum atomic E-state index is 12.7. The maximum Gasteiger partial charge on any atom is 0.257 e. The van der Waals surface area contributed by atoms with Crippen molar-refractivity contribution in [3.05, 3.63) is 29.8 Å². The average molecular weight is 292 g/mol. The van der Waals surface area contributed by atoms with E-state index in [1.807, 2.05) is 36.2 Å². The number of carbonyl (C=O) groups excluding carboxylic acids is 1. The van der Waals surface area contributed by atoms with Crippen molar-refractivity contribution in [1.82, 2.24) is 10.2 Å². The minimum atomic E-state index is 0.0444. The third-order valence-corrected chi connectivity index (χ3v) is 3.78. The Labute approximate surface area is 126 Å². The molecule has 0 aliphatic carbocycles. The lowest BCUT2D eigenvalue weighted by atomic mass is 10.0. The highest BCUT2D eigenvalue weighted by atomic mass is 16.5. The highest BCUT2D eigenvalue weighted by Gasteiger charge is 2.25. The molecule has 1 fully saturated rings. The van der Waals surface area contributed by atoms with Gasteiger partial charge in [-0.3, -0.25) is 4.79 Å². The summed E-state index contributed by atoms with van der Waals surface area (Å²) in [6.45, 7) is 2.51. The highest BCUT2D eigenvalue weighted by Crippen LogP contribution is 2.22. The first-order chi connectivity index (χ1) is 10.3. The lowest BCUT2D eigenvalue weighted by Crippen LogP contribution is -2.47. The summed E-state index contributed by atoms with van der Waals surface area (Å²) in [5.74, 6) is 0.675. The molecule has 1 aliphatic rings. The molecule has 1 aromatic carbocycles. The summed E-state index contributed by atoms with van der Waals surface area (Å²) in [7, 11) is 3.58. The fraction of sp³-hybridized carbons (Fsp3) is 0.562. The van der Waals surface area contributed by atoms with Gasteiger partial charge in [-0.25, -0.2) is 0 Å². The van der Waals surface area contributed by atoms with Gasteiger partial charge in [-0.15, -0.1) is 0 Å². The van der Waals surface area contributed by atoms with Crippen molar-refractivity contribution < 1.29 is 14.3 Å². The van der Waals surface area contributed by atoms with E-state index in [2.05, 4.69) is 5.32 Å². The van der Waals surface area contributed by atoms with E-state index in [1.165, 1.54) is 0 Å². The Balaban J connectivity index is 2.07. The summed E-state index contributed by atoms with van der Waals surface area (Å²) in [6, 6.07) is 7.79. The normalized spacial score (nSPS) is 18.6. The van der Waals surface area contributed by atoms with Crippen LogP contribution >= 0.6 is 0 Å². The zero-order chi connectivity index (χ0) is 15.1. The van der Waals surface area contributed by atoms with Crippen LogP contribution in [-0.4, -0.2) is 57.3 Å². The first kappa shape index (κ1) is 15.8. The number of nitrogens with one attached hydrogen (secondary N) is 1. The van der Waals surface area contributed by atoms with Crippen molar-refractivity contribution in [3.8, 4) is 5.75 Å². The first-order valence-electron chi connectivity index (χ1n) is 7.43. The molecular formula is C16H24N2O3. The van der Waals surface area contributed by atoms with Crippen LogP contribution in [0.15, 0.2) is 24.3 Å². The molecule has 5 heteroatoms. The molecule has 1 heterocycles. The molecule has 1 N–H and O–H groups in total. The fourth-order valence-corrected chi connectivity index (χ4v) is 2.57. The van der Waals surface area contributed by atoms with Crippen LogP contribution in [0.1, 0.15) is 23.2 Å². The summed E-state index contributed by atoms with van der Waals surface area (Å²) < 4.78 is 10.6. The van der Waals surface area contributed by atoms with Crippen LogP contribution in [0.3, 0.4) is 0 Å². The number of likely N-dealkylation sites (tertiary alicyclic amines) is 1. The molecule has 5 nitrogen and oxygen atoms in total. The summed E-state index contributed by atoms with van der Waals surface area (Å²) in [6.07, 6.45) is 2.15. The maximum absolute atomic E-state index is 12.7. The minimum Gasteiger partial charge on any atom is -0.490 e. The van der Waals surface area contributed by atoms with Crippen LogP contribution in [-0.2, 0) is 4.74 Å². The van der Waals surface area contributed by atoms with Gasteiger partial charge in [0.1, 0.15) is 12.4 Å². The number of amides is 1. The van der Waals surface area contributed by atoms with Crippen molar-refractivity contribution in [3.63, 3.8) is 0 Å². The predicted octanol–water partition coefficient (Wildman–Crippen LogP) is 1.54. The van der Waals surface area contributed by atoms with E-state index < -0.39 is 0 Å². The smallest absolute Gasteiger partial charge is 0.257 e. The molecule has 0 saturated carbocycles. The van der Waals surface area contributed by atoms with Gasteiger partial charge in [0.2, 0.25) is 0 Å². The van der Waals surface area contributed by atoms with Gasteiger partial charge in [0, 0.05) is 26.2 Å². The van der Waals surface area contributed by atoms with Gasteiger partial charge in [-0.1, -0.05) is 12.1 Å². The second-order valence-corrected chi connectivity index (χ2v) is 5.22. The molecule has 0 radical (unpaired) electrons. The number of likely N-dealkylation sites (N-methyl/N-ethyl adjacent to an activating group) is 1. The SMILES string of the molecule is CNC1CCCN(C(=O)c2ccccc2OCCOC)C1. The Kier molecular flexibility index (Phi) is 6.02. The summed E-state index contributed by atoms with van der Waals surface area (Å²) in [5.41, 5.74) is 0.630. The van der Waals surface area contributed by atoms with Gasteiger partial charge >= 0.3 is 0 Å². The number of methoxy groups -OCH3 is 1. The van der Waals surface area contributed by atoms with Crippen LogP contribution in [0, 0.1) is 0 Å². The van der Waals surface area contributed by atoms with Crippen molar-refractivity contribution >= 4 is 5.91 Å². The number of carbonyl (C=O) groups is 1. The van der Waals surface area contributed by atoms with Crippen LogP contribution in [0.25, 0.3) is 0 Å². The molecule has 2 rings (SSSR count). The predicted molar refractivity (Wildman–Crippen MR) is 81.8 cm³/mol. The van der Waals surface area contributed by atoms with Gasteiger partial charge < -0.3 is 19.7 Å². The highest BCUT2D eigenvalue weighted by molar-refractivity contribution is 5.97. The second kappa shape index (κ2) is 8.00. The van der Waals surface area contributed by atoms with Crippen molar-refractivity contribution in [2.75, 3.05) is 40.5 Å². The Morgan fingerprint density at radius 3 is 2.95 bits per heavy atom. The molecule has 1 atom stereocenters.